The first kappa shape index (κ1) is 23.6. The van der Waals surface area contributed by atoms with Gasteiger partial charge in [-0.1, -0.05) is 58.6 Å². The molecule has 29 heavy (non-hydrogen) atoms. The Morgan fingerprint density at radius 3 is 2.28 bits per heavy atom. The van der Waals surface area contributed by atoms with E-state index in [-0.39, 0.29) is 24.1 Å². The molecule has 0 fully saturated rings. The number of thioether (sulfide) groups is 1. The van der Waals surface area contributed by atoms with E-state index in [0.29, 0.717) is 10.0 Å². The van der Waals surface area contributed by atoms with E-state index >= 15 is 0 Å². The number of benzene rings is 2. The molecule has 0 saturated heterocycles. The predicted molar refractivity (Wildman–Crippen MR) is 123 cm³/mol. The lowest BCUT2D eigenvalue weighted by atomic mass is 10.1. The normalized spacial score (nSPS) is 11.8. The lowest BCUT2D eigenvalue weighted by molar-refractivity contribution is -0.138. The molecule has 2 amide bonds. The van der Waals surface area contributed by atoms with Crippen molar-refractivity contribution in [3.63, 3.8) is 0 Å². The van der Waals surface area contributed by atoms with Crippen molar-refractivity contribution in [3.8, 4) is 0 Å². The van der Waals surface area contributed by atoms with Crippen molar-refractivity contribution < 1.29 is 9.59 Å². The number of halogens is 2. The maximum Gasteiger partial charge on any atom is 0.242 e. The van der Waals surface area contributed by atoms with Crippen molar-refractivity contribution in [1.82, 2.24) is 10.2 Å². The zero-order chi connectivity index (χ0) is 21.6. The van der Waals surface area contributed by atoms with E-state index in [1.165, 1.54) is 16.7 Å². The molecule has 2 aromatic carbocycles. The van der Waals surface area contributed by atoms with Crippen molar-refractivity contribution in [2.75, 3.05) is 12.8 Å². The number of carbonyl (C=O) groups is 2. The summed E-state index contributed by atoms with van der Waals surface area (Å²) in [4.78, 5) is 26.7. The van der Waals surface area contributed by atoms with Crippen molar-refractivity contribution in [2.24, 2.45) is 0 Å². The molecule has 0 saturated carbocycles. The summed E-state index contributed by atoms with van der Waals surface area (Å²) >= 11 is 13.6. The Kier molecular flexibility index (Phi) is 8.87. The van der Waals surface area contributed by atoms with E-state index in [0.717, 1.165) is 11.3 Å². The molecule has 2 rings (SSSR count). The molecule has 2 aromatic rings. The Morgan fingerprint density at radius 2 is 1.69 bits per heavy atom. The molecule has 4 nitrogen and oxygen atoms in total. The zero-order valence-electron chi connectivity index (χ0n) is 17.1. The van der Waals surface area contributed by atoms with Gasteiger partial charge in [0.1, 0.15) is 6.04 Å². The first-order chi connectivity index (χ1) is 13.7. The lowest BCUT2D eigenvalue weighted by Crippen LogP contribution is -2.47. The number of nitrogens with zero attached hydrogens (tertiary/aromatic N) is 1. The molecule has 0 aliphatic carbocycles. The second kappa shape index (κ2) is 10.9. The Hall–Kier alpha value is -1.69. The third-order valence-electron chi connectivity index (χ3n) is 4.53. The van der Waals surface area contributed by atoms with Gasteiger partial charge in [0.2, 0.25) is 11.8 Å². The minimum absolute atomic E-state index is 0.0958. The fourth-order valence-corrected chi connectivity index (χ4v) is 4.28. The largest absolute Gasteiger partial charge is 0.357 e. The van der Waals surface area contributed by atoms with Gasteiger partial charge >= 0.3 is 0 Å². The average Bonchev–Trinajstić information content (AvgIpc) is 2.66. The van der Waals surface area contributed by atoms with Gasteiger partial charge in [0, 0.05) is 19.3 Å². The first-order valence-corrected chi connectivity index (χ1v) is 11.2. The third kappa shape index (κ3) is 6.95. The molecule has 0 bridgehead atoms. The monoisotopic (exact) mass is 452 g/mol. The van der Waals surface area contributed by atoms with Crippen LogP contribution in [0.15, 0.2) is 36.4 Å². The molecule has 0 heterocycles. The number of rotatable bonds is 8. The fraction of sp³-hybridized carbons (Fsp3) is 0.364. The highest BCUT2D eigenvalue weighted by molar-refractivity contribution is 7.99. The molecule has 1 N–H and O–H groups in total. The highest BCUT2D eigenvalue weighted by Crippen LogP contribution is 2.24. The minimum Gasteiger partial charge on any atom is -0.357 e. The van der Waals surface area contributed by atoms with Crippen LogP contribution in [0.2, 0.25) is 10.0 Å². The molecule has 0 aromatic heterocycles. The van der Waals surface area contributed by atoms with Crippen LogP contribution in [0.5, 0.6) is 0 Å². The van der Waals surface area contributed by atoms with Gasteiger partial charge in [0.05, 0.1) is 15.8 Å². The van der Waals surface area contributed by atoms with E-state index in [4.69, 9.17) is 23.2 Å². The van der Waals surface area contributed by atoms with Gasteiger partial charge < -0.3 is 10.2 Å². The Balaban J connectivity index is 2.09. The number of aryl methyl sites for hydroxylation is 2. The van der Waals surface area contributed by atoms with E-state index in [1.54, 1.807) is 42.8 Å². The summed E-state index contributed by atoms with van der Waals surface area (Å²) in [5.74, 6) is 0.720. The van der Waals surface area contributed by atoms with Gasteiger partial charge in [-0.3, -0.25) is 9.59 Å². The van der Waals surface area contributed by atoms with Crippen molar-refractivity contribution in [1.29, 1.82) is 0 Å². The van der Waals surface area contributed by atoms with Crippen LogP contribution < -0.4 is 5.32 Å². The van der Waals surface area contributed by atoms with E-state index in [2.05, 4.69) is 37.4 Å². The van der Waals surface area contributed by atoms with Gasteiger partial charge in [0.15, 0.2) is 0 Å². The SMILES string of the molecule is CNC(=O)[C@@H](C)N(Cc1ccc(Cl)c(Cl)c1)C(=O)CSCc1cc(C)cc(C)c1. The topological polar surface area (TPSA) is 49.4 Å². The van der Waals surface area contributed by atoms with Gasteiger partial charge in [-0.2, -0.15) is 0 Å². The van der Waals surface area contributed by atoms with Crippen molar-refractivity contribution in [3.05, 3.63) is 68.7 Å². The average molecular weight is 453 g/mol. The maximum atomic E-state index is 13.0. The Morgan fingerprint density at radius 1 is 1.03 bits per heavy atom. The summed E-state index contributed by atoms with van der Waals surface area (Å²) in [5.41, 5.74) is 4.43. The fourth-order valence-electron chi connectivity index (χ4n) is 3.12. The van der Waals surface area contributed by atoms with Crippen molar-refractivity contribution in [2.45, 2.75) is 39.1 Å². The third-order valence-corrected chi connectivity index (χ3v) is 6.25. The molecule has 1 atom stereocenters. The minimum atomic E-state index is -0.594. The zero-order valence-corrected chi connectivity index (χ0v) is 19.4. The Labute approximate surface area is 187 Å². The maximum absolute atomic E-state index is 13.0. The van der Waals surface area contributed by atoms with E-state index in [9.17, 15) is 9.59 Å². The summed E-state index contributed by atoms with van der Waals surface area (Å²) in [6.07, 6.45) is 0. The molecule has 0 aliphatic rings. The summed E-state index contributed by atoms with van der Waals surface area (Å²) in [5, 5.41) is 3.49. The summed E-state index contributed by atoms with van der Waals surface area (Å²) in [7, 11) is 1.56. The van der Waals surface area contributed by atoms with Crippen molar-refractivity contribution >= 4 is 46.8 Å². The van der Waals surface area contributed by atoms with Gasteiger partial charge in [-0.25, -0.2) is 0 Å². The van der Waals surface area contributed by atoms with Crippen LogP contribution in [0.4, 0.5) is 0 Å². The summed E-state index contributed by atoms with van der Waals surface area (Å²) < 4.78 is 0. The second-order valence-electron chi connectivity index (χ2n) is 7.05. The number of hydrogen-bond donors (Lipinski definition) is 1. The van der Waals surface area contributed by atoms with Crippen LogP contribution in [-0.2, 0) is 21.9 Å². The molecular weight excluding hydrogens is 427 g/mol. The predicted octanol–water partition coefficient (Wildman–Crippen LogP) is 5.01. The number of carbonyl (C=O) groups excluding carboxylic acids is 2. The van der Waals surface area contributed by atoms with Crippen LogP contribution in [0, 0.1) is 13.8 Å². The van der Waals surface area contributed by atoms with E-state index in [1.807, 2.05) is 6.07 Å². The quantitative estimate of drug-likeness (QED) is 0.612. The number of nitrogens with one attached hydrogen (secondary N) is 1. The van der Waals surface area contributed by atoms with Crippen LogP contribution in [0.1, 0.15) is 29.2 Å². The highest BCUT2D eigenvalue weighted by atomic mass is 35.5. The second-order valence-corrected chi connectivity index (χ2v) is 8.85. The molecular formula is C22H26Cl2N2O2S. The van der Waals surface area contributed by atoms with Crippen LogP contribution >= 0.6 is 35.0 Å². The summed E-state index contributed by atoms with van der Waals surface area (Å²) in [6, 6.07) is 11.0. The number of likely N-dealkylation sites (N-methyl/N-ethyl adjacent to an activating group) is 1. The Bertz CT molecular complexity index is 869. The molecule has 0 unspecified atom stereocenters. The molecule has 0 spiro atoms. The molecule has 7 heteroatoms. The van der Waals surface area contributed by atoms with Crippen LogP contribution in [0.25, 0.3) is 0 Å². The van der Waals surface area contributed by atoms with Crippen LogP contribution in [-0.4, -0.2) is 35.6 Å². The number of hydrogen-bond acceptors (Lipinski definition) is 3. The molecule has 0 radical (unpaired) electrons. The lowest BCUT2D eigenvalue weighted by Gasteiger charge is -2.28. The standard InChI is InChI=1S/C22H26Cl2N2O2S/c1-14-7-15(2)9-18(8-14)12-29-13-21(27)26(16(3)22(28)25-4)11-17-5-6-19(23)20(24)10-17/h5-10,16H,11-13H2,1-4H3,(H,25,28)/t16-/m1/s1. The molecule has 0 aliphatic heterocycles. The van der Waals surface area contributed by atoms with Gasteiger partial charge in [-0.05, 0) is 44.0 Å². The van der Waals surface area contributed by atoms with Crippen LogP contribution in [0.3, 0.4) is 0 Å². The number of amides is 2. The summed E-state index contributed by atoms with van der Waals surface area (Å²) in [6.45, 7) is 6.14. The van der Waals surface area contributed by atoms with Gasteiger partial charge in [-0.15, -0.1) is 11.8 Å². The highest BCUT2D eigenvalue weighted by Gasteiger charge is 2.25. The molecule has 156 valence electrons. The first-order valence-electron chi connectivity index (χ1n) is 9.31. The smallest absolute Gasteiger partial charge is 0.242 e. The van der Waals surface area contributed by atoms with E-state index < -0.39 is 6.04 Å². The van der Waals surface area contributed by atoms with Gasteiger partial charge in [0.25, 0.3) is 0 Å².